The summed E-state index contributed by atoms with van der Waals surface area (Å²) in [5.74, 6) is 0. The first-order chi connectivity index (χ1) is 21.4. The predicted octanol–water partition coefficient (Wildman–Crippen LogP) is 10.5. The van der Waals surface area contributed by atoms with E-state index in [0.717, 1.165) is 40.9 Å². The molecule has 2 heteroatoms. The highest BCUT2D eigenvalue weighted by atomic mass is 15.1. The molecule has 0 atom stereocenters. The summed E-state index contributed by atoms with van der Waals surface area (Å²) in [6, 6.07) is 48.1. The molecule has 0 bridgehead atoms. The number of fused-ring (bicyclic) bond motifs is 3. The Hall–Kier alpha value is -4.82. The van der Waals surface area contributed by atoms with Crippen LogP contribution in [0.15, 0.2) is 140 Å². The zero-order valence-corrected chi connectivity index (χ0v) is 26.1. The second kappa shape index (κ2) is 11.0. The molecule has 1 aliphatic rings. The van der Waals surface area contributed by atoms with Crippen LogP contribution in [0.5, 0.6) is 0 Å². The van der Waals surface area contributed by atoms with Crippen LogP contribution in [0.3, 0.4) is 0 Å². The molecule has 6 aromatic rings. The van der Waals surface area contributed by atoms with E-state index in [0.29, 0.717) is 0 Å². The van der Waals surface area contributed by atoms with Gasteiger partial charge in [-0.1, -0.05) is 105 Å². The van der Waals surface area contributed by atoms with Crippen LogP contribution in [0.1, 0.15) is 46.1 Å². The lowest BCUT2D eigenvalue weighted by Gasteiger charge is -2.46. The van der Waals surface area contributed by atoms with E-state index in [1.807, 2.05) is 0 Å². The maximum atomic E-state index is 5.09. The van der Waals surface area contributed by atoms with Crippen molar-refractivity contribution in [3.63, 3.8) is 0 Å². The van der Waals surface area contributed by atoms with Gasteiger partial charge in [-0.05, 0) is 72.0 Å². The lowest BCUT2D eigenvalue weighted by atomic mass is 9.61. The van der Waals surface area contributed by atoms with Crippen molar-refractivity contribution in [1.29, 1.82) is 0 Å². The molecule has 44 heavy (non-hydrogen) atoms. The van der Waals surface area contributed by atoms with Crippen LogP contribution in [0, 0.1) is 0 Å². The second-order valence-corrected chi connectivity index (χ2v) is 12.5. The molecule has 0 saturated carbocycles. The highest BCUT2D eigenvalue weighted by Crippen LogP contribution is 2.49. The van der Waals surface area contributed by atoms with Gasteiger partial charge in [0.2, 0.25) is 5.69 Å². The fraction of sp³-hybridized carbons (Fsp3) is 0.190. The first kappa shape index (κ1) is 28.0. The molecule has 0 fully saturated rings. The van der Waals surface area contributed by atoms with Crippen LogP contribution in [-0.4, -0.2) is 4.98 Å². The zero-order chi connectivity index (χ0) is 30.3. The summed E-state index contributed by atoms with van der Waals surface area (Å²) in [5, 5.41) is 0. The highest BCUT2D eigenvalue weighted by Gasteiger charge is 2.56. The smallest absolute Gasteiger partial charge is 0.213 e. The third-order valence-electron chi connectivity index (χ3n) is 10.1. The van der Waals surface area contributed by atoms with Gasteiger partial charge >= 0.3 is 0 Å². The van der Waals surface area contributed by atoms with Crippen LogP contribution in [0.2, 0.25) is 0 Å². The lowest BCUT2D eigenvalue weighted by molar-refractivity contribution is -0.768. The topological polar surface area (TPSA) is 16.8 Å². The third-order valence-corrected chi connectivity index (χ3v) is 10.1. The Labute approximate surface area is 261 Å². The Balaban J connectivity index is 1.35. The molecule has 0 saturated heterocycles. The number of rotatable bonds is 6. The van der Waals surface area contributed by atoms with Crippen LogP contribution < -0.4 is 4.57 Å². The second-order valence-electron chi connectivity index (χ2n) is 12.5. The number of nitrogens with zero attached hydrogens (tertiary/aromatic N) is 2. The van der Waals surface area contributed by atoms with Gasteiger partial charge in [-0.2, -0.15) is 4.57 Å². The Morgan fingerprint density at radius 2 is 1.07 bits per heavy atom. The summed E-state index contributed by atoms with van der Waals surface area (Å²) in [5.41, 5.74) is 13.1. The molecule has 1 aliphatic heterocycles. The maximum Gasteiger partial charge on any atom is 0.213 e. The molecule has 2 nitrogen and oxygen atoms in total. The number of pyridine rings is 2. The van der Waals surface area contributed by atoms with Crippen molar-refractivity contribution < 1.29 is 4.57 Å². The van der Waals surface area contributed by atoms with Gasteiger partial charge in [-0.15, -0.1) is 0 Å². The fourth-order valence-corrected chi connectivity index (χ4v) is 7.63. The molecule has 2 aromatic heterocycles. The summed E-state index contributed by atoms with van der Waals surface area (Å²) in [4.78, 5) is 5.09. The summed E-state index contributed by atoms with van der Waals surface area (Å²) in [7, 11) is 0. The fourth-order valence-electron chi connectivity index (χ4n) is 7.63. The van der Waals surface area contributed by atoms with E-state index in [-0.39, 0.29) is 11.0 Å². The zero-order valence-electron chi connectivity index (χ0n) is 26.1. The van der Waals surface area contributed by atoms with Gasteiger partial charge in [-0.3, -0.25) is 0 Å². The van der Waals surface area contributed by atoms with Gasteiger partial charge in [0.15, 0.2) is 11.7 Å². The number of hydrogen-bond acceptors (Lipinski definition) is 1. The van der Waals surface area contributed by atoms with Crippen LogP contribution in [-0.2, 0) is 11.0 Å². The molecule has 4 aromatic carbocycles. The van der Waals surface area contributed by atoms with Crippen molar-refractivity contribution in [3.05, 3.63) is 145 Å². The first-order valence-electron chi connectivity index (χ1n) is 15.8. The predicted molar refractivity (Wildman–Crippen MR) is 183 cm³/mol. The van der Waals surface area contributed by atoms with E-state index in [1.54, 1.807) is 0 Å². The molecule has 0 amide bonds. The summed E-state index contributed by atoms with van der Waals surface area (Å²) in [6.45, 7) is 9.54. The Morgan fingerprint density at radius 1 is 0.523 bits per heavy atom. The molecular weight excluding hydrogens is 532 g/mol. The Bertz CT molecular complexity index is 1890. The molecular formula is C42H39N2+. The highest BCUT2D eigenvalue weighted by molar-refractivity contribution is 5.81. The Kier molecular flexibility index (Phi) is 7.01. The van der Waals surface area contributed by atoms with E-state index in [1.165, 1.54) is 33.5 Å². The van der Waals surface area contributed by atoms with Gasteiger partial charge in [0.05, 0.1) is 22.4 Å². The minimum Gasteiger partial charge on any atom is -0.248 e. The van der Waals surface area contributed by atoms with Crippen LogP contribution >= 0.6 is 0 Å². The van der Waals surface area contributed by atoms with Crippen LogP contribution in [0.25, 0.3) is 56.0 Å². The van der Waals surface area contributed by atoms with Gasteiger partial charge in [0.25, 0.3) is 0 Å². The molecule has 216 valence electrons. The van der Waals surface area contributed by atoms with Crippen LogP contribution in [0.4, 0.5) is 0 Å². The first-order valence-corrected chi connectivity index (χ1v) is 15.8. The maximum absolute atomic E-state index is 5.09. The van der Waals surface area contributed by atoms with E-state index in [4.69, 9.17) is 4.98 Å². The SMILES string of the molecule is CCC1(CC)[n+]2ccccc2-c2cc(-c3cccc(-c4cc(-c5ccccc5)nc(-c5ccccc5)c4)c3)ccc2C1(C)C. The van der Waals surface area contributed by atoms with Crippen molar-refractivity contribution in [2.75, 3.05) is 0 Å². The number of benzene rings is 4. The minimum atomic E-state index is -0.00997. The van der Waals surface area contributed by atoms with E-state index < -0.39 is 0 Å². The molecule has 0 spiro atoms. The van der Waals surface area contributed by atoms with E-state index >= 15 is 0 Å². The standard InChI is InChI=1S/C42H39N2/c1-5-42(6-2)41(3,4)37-24-23-34(27-36(37)40-22-13-14-25-44(40)42)32-20-15-21-33(26-32)35-28-38(30-16-9-7-10-17-30)43-39(29-35)31-18-11-8-12-19-31/h7-29H,5-6H2,1-4H3/q+1. The van der Waals surface area contributed by atoms with Gasteiger partial charge in [-0.25, -0.2) is 4.98 Å². The molecule has 3 heterocycles. The quantitative estimate of drug-likeness (QED) is 0.182. The van der Waals surface area contributed by atoms with Crippen molar-refractivity contribution in [1.82, 2.24) is 4.98 Å². The molecule has 0 radical (unpaired) electrons. The van der Waals surface area contributed by atoms with E-state index in [9.17, 15) is 0 Å². The Morgan fingerprint density at radius 3 is 1.68 bits per heavy atom. The third kappa shape index (κ3) is 4.48. The average molecular weight is 572 g/mol. The van der Waals surface area contributed by atoms with Crippen molar-refractivity contribution in [2.24, 2.45) is 0 Å². The molecule has 7 rings (SSSR count). The monoisotopic (exact) mass is 571 g/mol. The summed E-state index contributed by atoms with van der Waals surface area (Å²) in [6.07, 6.45) is 4.46. The number of aromatic nitrogens is 2. The van der Waals surface area contributed by atoms with Gasteiger partial charge < -0.3 is 0 Å². The van der Waals surface area contributed by atoms with Gasteiger partial charge in [0.1, 0.15) is 0 Å². The normalized spacial score (nSPS) is 14.5. The van der Waals surface area contributed by atoms with Crippen molar-refractivity contribution >= 4 is 0 Å². The number of hydrogen-bond donors (Lipinski definition) is 0. The summed E-state index contributed by atoms with van der Waals surface area (Å²) >= 11 is 0. The molecule has 0 aliphatic carbocycles. The largest absolute Gasteiger partial charge is 0.248 e. The molecule has 0 unspecified atom stereocenters. The molecule has 0 N–H and O–H groups in total. The minimum absolute atomic E-state index is 0.00997. The van der Waals surface area contributed by atoms with Gasteiger partial charge in [0, 0.05) is 36.1 Å². The lowest BCUT2D eigenvalue weighted by Crippen LogP contribution is -2.68. The van der Waals surface area contributed by atoms with Crippen molar-refractivity contribution in [2.45, 2.75) is 51.5 Å². The summed E-state index contributed by atoms with van der Waals surface area (Å²) < 4.78 is 2.56. The van der Waals surface area contributed by atoms with Crippen molar-refractivity contribution in [3.8, 4) is 56.0 Å². The average Bonchev–Trinajstić information content (AvgIpc) is 3.09. The van der Waals surface area contributed by atoms with E-state index in [2.05, 4.69) is 172 Å².